The third-order valence-corrected chi connectivity index (χ3v) is 4.92. The van der Waals surface area contributed by atoms with Crippen molar-refractivity contribution < 1.29 is 9.59 Å². The van der Waals surface area contributed by atoms with Crippen molar-refractivity contribution >= 4 is 11.8 Å². The molecule has 0 aliphatic carbocycles. The zero-order valence-corrected chi connectivity index (χ0v) is 15.8. The van der Waals surface area contributed by atoms with Gasteiger partial charge in [-0.2, -0.15) is 10.2 Å². The fraction of sp³-hybridized carbons (Fsp3) is 0.611. The molecular formula is C18H27N7O2. The van der Waals surface area contributed by atoms with Gasteiger partial charge in [-0.1, -0.05) is 6.92 Å². The molecule has 0 saturated carbocycles. The molecule has 9 nitrogen and oxygen atoms in total. The molecule has 2 amide bonds. The third-order valence-electron chi connectivity index (χ3n) is 4.92. The maximum atomic E-state index is 12.9. The van der Waals surface area contributed by atoms with Gasteiger partial charge in [0.1, 0.15) is 18.7 Å². The second-order valence-electron chi connectivity index (χ2n) is 6.73. The summed E-state index contributed by atoms with van der Waals surface area (Å²) in [5.74, 6) is 0.227. The lowest BCUT2D eigenvalue weighted by Crippen LogP contribution is -2.40. The van der Waals surface area contributed by atoms with Crippen LogP contribution in [0.1, 0.15) is 38.6 Å². The molecule has 1 saturated heterocycles. The van der Waals surface area contributed by atoms with E-state index in [-0.39, 0.29) is 17.9 Å². The van der Waals surface area contributed by atoms with Crippen molar-refractivity contribution in [3.63, 3.8) is 0 Å². The lowest BCUT2D eigenvalue weighted by atomic mass is 10.2. The van der Waals surface area contributed by atoms with Crippen LogP contribution in [-0.4, -0.2) is 72.3 Å². The van der Waals surface area contributed by atoms with Crippen molar-refractivity contribution in [1.29, 1.82) is 0 Å². The van der Waals surface area contributed by atoms with Gasteiger partial charge >= 0.3 is 0 Å². The van der Waals surface area contributed by atoms with E-state index in [1.54, 1.807) is 21.9 Å². The van der Waals surface area contributed by atoms with Crippen LogP contribution < -0.4 is 0 Å². The number of rotatable bonds is 7. The van der Waals surface area contributed by atoms with E-state index in [1.165, 1.54) is 6.33 Å². The van der Waals surface area contributed by atoms with Crippen LogP contribution in [0.15, 0.2) is 31.1 Å². The lowest BCUT2D eigenvalue weighted by Gasteiger charge is -2.26. The number of aryl methyl sites for hydroxylation is 1. The monoisotopic (exact) mass is 373 g/mol. The minimum absolute atomic E-state index is 0.0849. The fourth-order valence-corrected chi connectivity index (χ4v) is 3.44. The Hall–Kier alpha value is -2.71. The summed E-state index contributed by atoms with van der Waals surface area (Å²) < 4.78 is 3.45. The highest BCUT2D eigenvalue weighted by Crippen LogP contribution is 2.16. The summed E-state index contributed by atoms with van der Waals surface area (Å²) in [6.45, 7) is 5.22. The van der Waals surface area contributed by atoms with Gasteiger partial charge in [-0.3, -0.25) is 19.0 Å². The van der Waals surface area contributed by atoms with Crippen LogP contribution in [0.5, 0.6) is 0 Å². The second-order valence-corrected chi connectivity index (χ2v) is 6.73. The Labute approximate surface area is 159 Å². The average molecular weight is 373 g/mol. The van der Waals surface area contributed by atoms with Gasteiger partial charge in [0, 0.05) is 51.5 Å². The molecule has 0 spiro atoms. The average Bonchev–Trinajstić information content (AvgIpc) is 3.32. The van der Waals surface area contributed by atoms with E-state index in [4.69, 9.17) is 0 Å². The number of aromatic nitrogens is 5. The Morgan fingerprint density at radius 3 is 2.63 bits per heavy atom. The molecule has 27 heavy (non-hydrogen) atoms. The van der Waals surface area contributed by atoms with Gasteiger partial charge in [0.25, 0.3) is 0 Å². The highest BCUT2D eigenvalue weighted by Gasteiger charge is 2.27. The van der Waals surface area contributed by atoms with Gasteiger partial charge in [0.2, 0.25) is 11.8 Å². The normalized spacial score (nSPS) is 16.2. The van der Waals surface area contributed by atoms with Crippen LogP contribution in [0.3, 0.4) is 0 Å². The Kier molecular flexibility index (Phi) is 6.56. The van der Waals surface area contributed by atoms with Crippen LogP contribution in [0.4, 0.5) is 0 Å². The summed E-state index contributed by atoms with van der Waals surface area (Å²) in [7, 11) is 0. The molecule has 1 aliphatic rings. The number of hydrogen-bond acceptors (Lipinski definition) is 5. The van der Waals surface area contributed by atoms with Gasteiger partial charge in [0.15, 0.2) is 0 Å². The molecule has 2 aromatic rings. The highest BCUT2D eigenvalue weighted by molar-refractivity contribution is 5.80. The maximum absolute atomic E-state index is 12.9. The molecule has 9 heteroatoms. The van der Waals surface area contributed by atoms with E-state index in [1.807, 2.05) is 29.0 Å². The first-order chi connectivity index (χ1) is 13.2. The van der Waals surface area contributed by atoms with Crippen molar-refractivity contribution in [2.45, 2.75) is 45.2 Å². The van der Waals surface area contributed by atoms with Crippen molar-refractivity contribution in [3.8, 4) is 0 Å². The molecule has 1 fully saturated rings. The Morgan fingerprint density at radius 2 is 1.93 bits per heavy atom. The largest absolute Gasteiger partial charge is 0.341 e. The van der Waals surface area contributed by atoms with E-state index in [0.717, 1.165) is 12.8 Å². The molecule has 0 bridgehead atoms. The van der Waals surface area contributed by atoms with Crippen LogP contribution in [0, 0.1) is 0 Å². The molecular weight excluding hydrogens is 346 g/mol. The summed E-state index contributed by atoms with van der Waals surface area (Å²) >= 11 is 0. The quantitative estimate of drug-likeness (QED) is 0.721. The molecule has 1 unspecified atom stereocenters. The topological polar surface area (TPSA) is 89.2 Å². The maximum Gasteiger partial charge on any atom is 0.247 e. The van der Waals surface area contributed by atoms with E-state index in [2.05, 4.69) is 15.2 Å². The smallest absolute Gasteiger partial charge is 0.247 e. The van der Waals surface area contributed by atoms with Gasteiger partial charge in [-0.05, 0) is 25.3 Å². The SMILES string of the molecule is CCC(C(=O)N1CCCN(C(=O)CCCn2cncn2)CC1)n1cccn1. The minimum atomic E-state index is -0.273. The number of carbonyl (C=O) groups is 2. The Bertz CT molecular complexity index is 714. The first-order valence-corrected chi connectivity index (χ1v) is 9.57. The van der Waals surface area contributed by atoms with Crippen molar-refractivity contribution in [2.24, 2.45) is 0 Å². The summed E-state index contributed by atoms with van der Waals surface area (Å²) in [5.41, 5.74) is 0. The van der Waals surface area contributed by atoms with Crippen molar-refractivity contribution in [1.82, 2.24) is 34.3 Å². The molecule has 3 heterocycles. The van der Waals surface area contributed by atoms with E-state index < -0.39 is 0 Å². The first-order valence-electron chi connectivity index (χ1n) is 9.57. The molecule has 3 rings (SSSR count). The number of nitrogens with zero attached hydrogens (tertiary/aromatic N) is 7. The van der Waals surface area contributed by atoms with Crippen LogP contribution in [0.25, 0.3) is 0 Å². The third kappa shape index (κ3) is 4.93. The number of amides is 2. The zero-order valence-electron chi connectivity index (χ0n) is 15.8. The molecule has 2 aromatic heterocycles. The van der Waals surface area contributed by atoms with Gasteiger partial charge < -0.3 is 9.80 Å². The van der Waals surface area contributed by atoms with Gasteiger partial charge in [0.05, 0.1) is 0 Å². The van der Waals surface area contributed by atoms with E-state index in [9.17, 15) is 9.59 Å². The number of hydrogen-bond donors (Lipinski definition) is 0. The standard InChI is InChI=1S/C18H27N7O2/c1-2-16(25-11-4-7-20-25)18(27)23-9-5-8-22(12-13-23)17(26)6-3-10-24-15-19-14-21-24/h4,7,11,14-16H,2-3,5-6,8-10,12-13H2,1H3. The minimum Gasteiger partial charge on any atom is -0.341 e. The van der Waals surface area contributed by atoms with E-state index >= 15 is 0 Å². The molecule has 146 valence electrons. The Balaban J connectivity index is 1.49. The van der Waals surface area contributed by atoms with Crippen LogP contribution in [0.2, 0.25) is 0 Å². The van der Waals surface area contributed by atoms with Crippen LogP contribution in [-0.2, 0) is 16.1 Å². The summed E-state index contributed by atoms with van der Waals surface area (Å²) in [6, 6.07) is 1.56. The van der Waals surface area contributed by atoms with Gasteiger partial charge in [-0.15, -0.1) is 0 Å². The zero-order chi connectivity index (χ0) is 19.1. The van der Waals surface area contributed by atoms with Crippen LogP contribution >= 0.6 is 0 Å². The first kappa shape index (κ1) is 19.1. The predicted octanol–water partition coefficient (Wildman–Crippen LogP) is 0.967. The Morgan fingerprint density at radius 1 is 1.11 bits per heavy atom. The lowest BCUT2D eigenvalue weighted by molar-refractivity contribution is -0.136. The molecule has 0 N–H and O–H groups in total. The highest BCUT2D eigenvalue weighted by atomic mass is 16.2. The molecule has 0 radical (unpaired) electrons. The second kappa shape index (κ2) is 9.29. The summed E-state index contributed by atoms with van der Waals surface area (Å²) in [6.07, 6.45) is 9.39. The molecule has 0 aromatic carbocycles. The molecule has 1 atom stereocenters. The predicted molar refractivity (Wildman–Crippen MR) is 98.6 cm³/mol. The van der Waals surface area contributed by atoms with Crippen molar-refractivity contribution in [2.75, 3.05) is 26.2 Å². The summed E-state index contributed by atoms with van der Waals surface area (Å²) in [5, 5.41) is 8.26. The van der Waals surface area contributed by atoms with Gasteiger partial charge in [-0.25, -0.2) is 4.98 Å². The number of carbonyl (C=O) groups excluding carboxylic acids is 2. The van der Waals surface area contributed by atoms with E-state index in [0.29, 0.717) is 45.6 Å². The summed E-state index contributed by atoms with van der Waals surface area (Å²) in [4.78, 5) is 33.1. The van der Waals surface area contributed by atoms with Crippen molar-refractivity contribution in [3.05, 3.63) is 31.1 Å². The molecule has 1 aliphatic heterocycles. The fourth-order valence-electron chi connectivity index (χ4n) is 3.44.